The molecule has 0 N–H and O–H groups in total. The molecular formula is C16H20O4. The smallest absolute Gasteiger partial charge is 0.331 e. The van der Waals surface area contributed by atoms with Crippen LogP contribution in [-0.2, 0) is 19.1 Å². The average Bonchev–Trinajstić information content (AvgIpc) is 2.45. The van der Waals surface area contributed by atoms with Gasteiger partial charge in [-0.25, -0.2) is 4.79 Å². The number of esters is 2. The molecule has 0 aliphatic rings. The molecule has 0 aliphatic carbocycles. The molecule has 0 saturated carbocycles. The first kappa shape index (κ1) is 16.0. The second kappa shape index (κ2) is 6.89. The Labute approximate surface area is 119 Å². The lowest BCUT2D eigenvalue weighted by Gasteiger charge is -2.27. The van der Waals surface area contributed by atoms with Gasteiger partial charge in [0, 0.05) is 6.08 Å². The number of rotatable bonds is 5. The van der Waals surface area contributed by atoms with E-state index in [9.17, 15) is 9.59 Å². The number of ether oxygens (including phenoxy) is 2. The Morgan fingerprint density at radius 2 is 1.80 bits per heavy atom. The van der Waals surface area contributed by atoms with Crippen LogP contribution in [0.3, 0.4) is 0 Å². The Morgan fingerprint density at radius 3 is 2.35 bits per heavy atom. The zero-order valence-electron chi connectivity index (χ0n) is 12.3. The lowest BCUT2D eigenvalue weighted by atomic mass is 9.87. The Bertz CT molecular complexity index is 488. The van der Waals surface area contributed by atoms with Crippen molar-refractivity contribution in [1.29, 1.82) is 0 Å². The fourth-order valence-electron chi connectivity index (χ4n) is 1.52. The summed E-state index contributed by atoms with van der Waals surface area (Å²) in [5, 5.41) is 0. The summed E-state index contributed by atoms with van der Waals surface area (Å²) in [4.78, 5) is 23.3. The molecule has 1 aromatic rings. The van der Waals surface area contributed by atoms with Gasteiger partial charge in [0.25, 0.3) is 0 Å². The van der Waals surface area contributed by atoms with Crippen LogP contribution in [0.15, 0.2) is 36.4 Å². The summed E-state index contributed by atoms with van der Waals surface area (Å²) < 4.78 is 9.93. The highest BCUT2D eigenvalue weighted by molar-refractivity contribution is 5.87. The zero-order chi connectivity index (χ0) is 15.2. The van der Waals surface area contributed by atoms with Gasteiger partial charge >= 0.3 is 11.9 Å². The molecule has 1 atom stereocenters. The highest BCUT2D eigenvalue weighted by Crippen LogP contribution is 2.25. The lowest BCUT2D eigenvalue weighted by molar-refractivity contribution is -0.164. The second-order valence-electron chi connectivity index (χ2n) is 5.04. The largest absolute Gasteiger partial charge is 0.469 e. The first-order chi connectivity index (χ1) is 9.37. The maximum atomic E-state index is 11.7. The van der Waals surface area contributed by atoms with E-state index in [0.717, 1.165) is 5.56 Å². The molecule has 1 unspecified atom stereocenters. The molecule has 0 radical (unpaired) electrons. The maximum Gasteiger partial charge on any atom is 0.331 e. The Morgan fingerprint density at radius 1 is 1.20 bits per heavy atom. The van der Waals surface area contributed by atoms with Crippen molar-refractivity contribution in [3.8, 4) is 0 Å². The van der Waals surface area contributed by atoms with E-state index in [1.165, 1.54) is 13.2 Å². The van der Waals surface area contributed by atoms with Gasteiger partial charge in [-0.05, 0) is 32.4 Å². The van der Waals surface area contributed by atoms with Crippen LogP contribution in [-0.4, -0.2) is 25.2 Å². The molecule has 4 nitrogen and oxygen atoms in total. The molecule has 20 heavy (non-hydrogen) atoms. The second-order valence-corrected chi connectivity index (χ2v) is 5.04. The third-order valence-electron chi connectivity index (χ3n) is 3.23. The predicted molar refractivity (Wildman–Crippen MR) is 76.8 cm³/mol. The SMILES string of the molecule is COC(=O)C(C)(C)C(C)OC(=O)/C=C/c1ccccc1. The Hall–Kier alpha value is -2.10. The van der Waals surface area contributed by atoms with Crippen molar-refractivity contribution in [2.45, 2.75) is 26.9 Å². The van der Waals surface area contributed by atoms with E-state index >= 15 is 0 Å². The van der Waals surface area contributed by atoms with Gasteiger partial charge in [0.15, 0.2) is 0 Å². The molecule has 0 spiro atoms. The molecule has 1 rings (SSSR count). The summed E-state index contributed by atoms with van der Waals surface area (Å²) in [5.74, 6) is -0.900. The standard InChI is InChI=1S/C16H20O4/c1-12(16(2,3)15(18)19-4)20-14(17)11-10-13-8-6-5-7-9-13/h5-12H,1-4H3/b11-10+. The van der Waals surface area contributed by atoms with Crippen LogP contribution in [0.4, 0.5) is 0 Å². The van der Waals surface area contributed by atoms with Crippen LogP contribution in [0.2, 0.25) is 0 Å². The fourth-order valence-corrected chi connectivity index (χ4v) is 1.52. The first-order valence-corrected chi connectivity index (χ1v) is 6.40. The number of carbonyl (C=O) groups is 2. The summed E-state index contributed by atoms with van der Waals surface area (Å²) in [5.41, 5.74) is 0.0229. The molecule has 1 aromatic carbocycles. The molecule has 0 amide bonds. The van der Waals surface area contributed by atoms with Crippen LogP contribution in [0.5, 0.6) is 0 Å². The molecule has 108 valence electrons. The van der Waals surface area contributed by atoms with Crippen LogP contribution < -0.4 is 0 Å². The van der Waals surface area contributed by atoms with E-state index < -0.39 is 23.5 Å². The predicted octanol–water partition coefficient (Wildman–Crippen LogP) is 2.83. The van der Waals surface area contributed by atoms with E-state index in [1.807, 2.05) is 30.3 Å². The Balaban J connectivity index is 2.62. The Kier molecular flexibility index (Phi) is 5.50. The van der Waals surface area contributed by atoms with Gasteiger partial charge in [0.1, 0.15) is 6.10 Å². The number of hydrogen-bond donors (Lipinski definition) is 0. The summed E-state index contributed by atoms with van der Waals surface area (Å²) in [6.07, 6.45) is 2.43. The minimum Gasteiger partial charge on any atom is -0.469 e. The maximum absolute atomic E-state index is 11.7. The van der Waals surface area contributed by atoms with Crippen molar-refractivity contribution in [2.75, 3.05) is 7.11 Å². The molecule has 0 saturated heterocycles. The van der Waals surface area contributed by atoms with Gasteiger partial charge in [0.05, 0.1) is 12.5 Å². The summed E-state index contributed by atoms with van der Waals surface area (Å²) in [6.45, 7) is 5.03. The number of methoxy groups -OCH3 is 1. The topological polar surface area (TPSA) is 52.6 Å². The lowest BCUT2D eigenvalue weighted by Crippen LogP contribution is -2.38. The molecule has 0 aromatic heterocycles. The van der Waals surface area contributed by atoms with Crippen LogP contribution in [0.1, 0.15) is 26.3 Å². The van der Waals surface area contributed by atoms with E-state index in [2.05, 4.69) is 0 Å². The minimum absolute atomic E-state index is 0.412. The van der Waals surface area contributed by atoms with Crippen molar-refractivity contribution >= 4 is 18.0 Å². The van der Waals surface area contributed by atoms with Gasteiger partial charge in [-0.3, -0.25) is 4.79 Å². The summed E-state index contributed by atoms with van der Waals surface area (Å²) >= 11 is 0. The quantitative estimate of drug-likeness (QED) is 0.613. The molecular weight excluding hydrogens is 256 g/mol. The van der Waals surface area contributed by atoms with Crippen molar-refractivity contribution in [1.82, 2.24) is 0 Å². The summed E-state index contributed by atoms with van der Waals surface area (Å²) in [6, 6.07) is 9.43. The van der Waals surface area contributed by atoms with Gasteiger partial charge in [-0.2, -0.15) is 0 Å². The summed E-state index contributed by atoms with van der Waals surface area (Å²) in [7, 11) is 1.31. The normalized spacial score (nSPS) is 13.0. The molecule has 0 fully saturated rings. The highest BCUT2D eigenvalue weighted by atomic mass is 16.6. The number of hydrogen-bond acceptors (Lipinski definition) is 4. The van der Waals surface area contributed by atoms with Crippen molar-refractivity contribution in [3.63, 3.8) is 0 Å². The van der Waals surface area contributed by atoms with Gasteiger partial charge in [-0.1, -0.05) is 30.3 Å². The van der Waals surface area contributed by atoms with Gasteiger partial charge in [0.2, 0.25) is 0 Å². The monoisotopic (exact) mass is 276 g/mol. The number of carbonyl (C=O) groups excluding carboxylic acids is 2. The van der Waals surface area contributed by atoms with Crippen molar-refractivity contribution in [2.24, 2.45) is 5.41 Å². The fraction of sp³-hybridized carbons (Fsp3) is 0.375. The zero-order valence-corrected chi connectivity index (χ0v) is 12.3. The highest BCUT2D eigenvalue weighted by Gasteiger charge is 2.37. The third kappa shape index (κ3) is 4.23. The molecule has 0 aliphatic heterocycles. The van der Waals surface area contributed by atoms with Crippen LogP contribution in [0, 0.1) is 5.41 Å². The molecule has 0 bridgehead atoms. The first-order valence-electron chi connectivity index (χ1n) is 6.40. The van der Waals surface area contributed by atoms with E-state index in [4.69, 9.17) is 9.47 Å². The molecule has 4 heteroatoms. The van der Waals surface area contributed by atoms with Gasteiger partial charge in [-0.15, -0.1) is 0 Å². The van der Waals surface area contributed by atoms with Crippen LogP contribution in [0.25, 0.3) is 6.08 Å². The number of benzene rings is 1. The average molecular weight is 276 g/mol. The van der Waals surface area contributed by atoms with E-state index in [0.29, 0.717) is 0 Å². The minimum atomic E-state index is -0.884. The van der Waals surface area contributed by atoms with Crippen LogP contribution >= 0.6 is 0 Å². The van der Waals surface area contributed by atoms with Crippen molar-refractivity contribution in [3.05, 3.63) is 42.0 Å². The van der Waals surface area contributed by atoms with E-state index in [1.54, 1.807) is 26.8 Å². The molecule has 0 heterocycles. The third-order valence-corrected chi connectivity index (χ3v) is 3.23. The van der Waals surface area contributed by atoms with Crippen molar-refractivity contribution < 1.29 is 19.1 Å². The van der Waals surface area contributed by atoms with Gasteiger partial charge < -0.3 is 9.47 Å². The van der Waals surface area contributed by atoms with E-state index in [-0.39, 0.29) is 0 Å².